The van der Waals surface area contributed by atoms with E-state index < -0.39 is 11.5 Å². The van der Waals surface area contributed by atoms with Crippen molar-refractivity contribution in [3.63, 3.8) is 0 Å². The highest BCUT2D eigenvalue weighted by atomic mass is 16.7. The van der Waals surface area contributed by atoms with Crippen LogP contribution in [0.1, 0.15) is 17.5 Å². The van der Waals surface area contributed by atoms with E-state index in [0.29, 0.717) is 18.0 Å². The van der Waals surface area contributed by atoms with Gasteiger partial charge in [0.25, 0.3) is 0 Å². The van der Waals surface area contributed by atoms with Crippen molar-refractivity contribution >= 4 is 0 Å². The Hall–Kier alpha value is -1.76. The first-order valence-corrected chi connectivity index (χ1v) is 8.33. The largest absolute Gasteiger partial charge is 0.492 e. The number of benzene rings is 1. The van der Waals surface area contributed by atoms with Crippen molar-refractivity contribution in [2.45, 2.75) is 36.6 Å². The Balaban J connectivity index is 1.76. The molecule has 0 amide bonds. The van der Waals surface area contributed by atoms with Crippen molar-refractivity contribution in [3.05, 3.63) is 29.3 Å². The molecule has 3 aliphatic heterocycles. The summed E-state index contributed by atoms with van der Waals surface area (Å²) in [7, 11) is 3.39. The number of rotatable bonds is 2. The zero-order chi connectivity index (χ0) is 16.5. The molecule has 4 aliphatic rings. The van der Waals surface area contributed by atoms with E-state index in [1.807, 2.05) is 6.07 Å². The maximum absolute atomic E-state index is 11.0. The van der Waals surface area contributed by atoms with E-state index in [4.69, 9.17) is 18.9 Å². The minimum absolute atomic E-state index is 0.0911. The van der Waals surface area contributed by atoms with Crippen LogP contribution in [0.15, 0.2) is 18.2 Å². The van der Waals surface area contributed by atoms with Crippen LogP contribution in [0, 0.1) is 0 Å². The van der Waals surface area contributed by atoms with Gasteiger partial charge in [-0.25, -0.2) is 0 Å². The van der Waals surface area contributed by atoms with Gasteiger partial charge in [-0.2, -0.15) is 0 Å². The smallest absolute Gasteiger partial charge is 0.231 e. The third-order valence-corrected chi connectivity index (χ3v) is 6.05. The monoisotopic (exact) mass is 331 g/mol. The van der Waals surface area contributed by atoms with Crippen LogP contribution in [0.4, 0.5) is 0 Å². The Morgan fingerprint density at radius 1 is 1.33 bits per heavy atom. The number of hydrogen-bond acceptors (Lipinski definition) is 6. The predicted octanol–water partition coefficient (Wildman–Crippen LogP) is 1.20. The summed E-state index contributed by atoms with van der Waals surface area (Å²) in [4.78, 5) is 2.34. The molecule has 0 aromatic heterocycles. The Kier molecular flexibility index (Phi) is 2.96. The molecule has 1 fully saturated rings. The predicted molar refractivity (Wildman–Crippen MR) is 85.6 cm³/mol. The number of aliphatic hydroxyl groups excluding tert-OH is 1. The summed E-state index contributed by atoms with van der Waals surface area (Å²) < 4.78 is 22.4. The number of hydrogen-bond donors (Lipinski definition) is 1. The summed E-state index contributed by atoms with van der Waals surface area (Å²) in [6.07, 6.45) is 4.73. The molecule has 24 heavy (non-hydrogen) atoms. The minimum atomic E-state index is -0.456. The van der Waals surface area contributed by atoms with E-state index in [0.717, 1.165) is 29.8 Å². The third kappa shape index (κ3) is 1.61. The number of methoxy groups -OCH3 is 2. The van der Waals surface area contributed by atoms with E-state index in [1.54, 1.807) is 14.2 Å². The second-order valence-corrected chi connectivity index (χ2v) is 6.93. The van der Waals surface area contributed by atoms with Crippen LogP contribution < -0.4 is 14.2 Å². The van der Waals surface area contributed by atoms with Crippen molar-refractivity contribution in [2.75, 3.05) is 27.6 Å². The van der Waals surface area contributed by atoms with Gasteiger partial charge in [0.2, 0.25) is 12.5 Å². The topological polar surface area (TPSA) is 60.4 Å². The molecule has 128 valence electrons. The van der Waals surface area contributed by atoms with Gasteiger partial charge in [-0.3, -0.25) is 4.90 Å². The molecule has 6 heteroatoms. The van der Waals surface area contributed by atoms with E-state index in [9.17, 15) is 5.11 Å². The summed E-state index contributed by atoms with van der Waals surface area (Å²) in [5.41, 5.74) is 1.76. The molecule has 1 N–H and O–H groups in total. The molecule has 1 aromatic carbocycles. The fourth-order valence-corrected chi connectivity index (χ4v) is 4.97. The number of nitrogens with zero attached hydrogens (tertiary/aromatic N) is 1. The van der Waals surface area contributed by atoms with Gasteiger partial charge in [0.15, 0.2) is 11.5 Å². The van der Waals surface area contributed by atoms with Gasteiger partial charge in [0.1, 0.15) is 0 Å². The highest BCUT2D eigenvalue weighted by Gasteiger charge is 2.59. The third-order valence-electron chi connectivity index (χ3n) is 6.05. The fraction of sp³-hybridized carbons (Fsp3) is 0.556. The van der Waals surface area contributed by atoms with Crippen molar-refractivity contribution in [2.24, 2.45) is 0 Å². The molecule has 2 bridgehead atoms. The second-order valence-electron chi connectivity index (χ2n) is 6.93. The van der Waals surface area contributed by atoms with Gasteiger partial charge in [0.05, 0.1) is 24.7 Å². The zero-order valence-corrected chi connectivity index (χ0v) is 13.8. The molecule has 2 unspecified atom stereocenters. The first-order chi connectivity index (χ1) is 11.7. The lowest BCUT2D eigenvalue weighted by Crippen LogP contribution is -2.52. The first-order valence-electron chi connectivity index (χ1n) is 8.33. The maximum Gasteiger partial charge on any atom is 0.231 e. The summed E-state index contributed by atoms with van der Waals surface area (Å²) in [6, 6.07) is 2.26. The van der Waals surface area contributed by atoms with Gasteiger partial charge in [-0.1, -0.05) is 12.2 Å². The summed E-state index contributed by atoms with van der Waals surface area (Å²) in [6.45, 7) is 1.59. The zero-order valence-electron chi connectivity index (χ0n) is 13.8. The SMILES string of the molecule is COc1c2c(cc3c1OCO3)[C@]13C=C[C@H](OC)C[C@H]1N(C2)CC3O. The van der Waals surface area contributed by atoms with E-state index >= 15 is 0 Å². The average Bonchev–Trinajstić information content (AvgIpc) is 3.14. The number of aliphatic hydroxyl groups is 1. The lowest BCUT2D eigenvalue weighted by molar-refractivity contribution is 0.0655. The Morgan fingerprint density at radius 2 is 2.21 bits per heavy atom. The molecule has 1 saturated heterocycles. The first kappa shape index (κ1) is 14.6. The Labute approximate surface area is 140 Å². The molecule has 0 spiro atoms. The van der Waals surface area contributed by atoms with Gasteiger partial charge >= 0.3 is 0 Å². The van der Waals surface area contributed by atoms with Gasteiger partial charge < -0.3 is 24.1 Å². The van der Waals surface area contributed by atoms with Crippen LogP contribution in [0.2, 0.25) is 0 Å². The van der Waals surface area contributed by atoms with Gasteiger partial charge in [0, 0.05) is 31.8 Å². The van der Waals surface area contributed by atoms with Crippen molar-refractivity contribution in [3.8, 4) is 17.2 Å². The van der Waals surface area contributed by atoms with Crippen molar-refractivity contribution in [1.82, 2.24) is 4.90 Å². The van der Waals surface area contributed by atoms with Crippen molar-refractivity contribution < 1.29 is 24.1 Å². The summed E-state index contributed by atoms with van der Waals surface area (Å²) >= 11 is 0. The molecule has 1 aromatic rings. The van der Waals surface area contributed by atoms with Gasteiger partial charge in [-0.05, 0) is 18.1 Å². The quantitative estimate of drug-likeness (QED) is 0.822. The fourth-order valence-electron chi connectivity index (χ4n) is 4.97. The molecular weight excluding hydrogens is 310 g/mol. The molecular formula is C18H21NO5. The van der Waals surface area contributed by atoms with Crippen LogP contribution in [-0.2, 0) is 16.7 Å². The van der Waals surface area contributed by atoms with Crippen molar-refractivity contribution in [1.29, 1.82) is 0 Å². The maximum atomic E-state index is 11.0. The Bertz CT molecular complexity index is 733. The standard InChI is InChI=1S/C18H21NO5/c1-21-10-3-4-18-12-6-13-17(24-9-23-13)16(22-2)11(12)7-19(8-15(18)20)14(18)5-10/h3-4,6,10,14-15,20H,5,7-9H2,1-2H3/t10-,14+,15?,18+/m0/s1. The Morgan fingerprint density at radius 3 is 3.00 bits per heavy atom. The highest BCUT2D eigenvalue weighted by molar-refractivity contribution is 5.65. The lowest BCUT2D eigenvalue weighted by atomic mass is 9.65. The summed E-state index contributed by atoms with van der Waals surface area (Å²) in [5, 5.41) is 11.0. The molecule has 0 saturated carbocycles. The molecule has 3 heterocycles. The summed E-state index contributed by atoms with van der Waals surface area (Å²) in [5.74, 6) is 2.11. The molecule has 1 aliphatic carbocycles. The van der Waals surface area contributed by atoms with Crippen LogP contribution in [0.5, 0.6) is 17.2 Å². The number of ether oxygens (including phenoxy) is 4. The van der Waals surface area contributed by atoms with E-state index in [2.05, 4.69) is 17.1 Å². The van der Waals surface area contributed by atoms with Gasteiger partial charge in [-0.15, -0.1) is 0 Å². The van der Waals surface area contributed by atoms with Crippen LogP contribution in [-0.4, -0.2) is 55.8 Å². The minimum Gasteiger partial charge on any atom is -0.492 e. The molecule has 5 atom stereocenters. The molecule has 6 nitrogen and oxygen atoms in total. The lowest BCUT2D eigenvalue weighted by Gasteiger charge is -2.46. The van der Waals surface area contributed by atoms with Crippen LogP contribution >= 0.6 is 0 Å². The van der Waals surface area contributed by atoms with E-state index in [-0.39, 0.29) is 18.9 Å². The van der Waals surface area contributed by atoms with Crippen LogP contribution in [0.3, 0.4) is 0 Å². The molecule has 5 rings (SSSR count). The second kappa shape index (κ2) is 4.88. The average molecular weight is 331 g/mol. The van der Waals surface area contributed by atoms with E-state index in [1.165, 1.54) is 0 Å². The normalized spacial score (nSPS) is 38.0. The highest BCUT2D eigenvalue weighted by Crippen LogP contribution is 2.57. The van der Waals surface area contributed by atoms with Crippen LogP contribution in [0.25, 0.3) is 0 Å². The molecule has 0 radical (unpaired) electrons. The number of fused-ring (bicyclic) bond motifs is 2.